The number of cyclic esters (lactones) is 1. The molecule has 0 unspecified atom stereocenters. The highest BCUT2D eigenvalue weighted by molar-refractivity contribution is 5.69. The Morgan fingerprint density at radius 2 is 2.45 bits per heavy atom. The SMILES string of the molecule is CC(C)=CCN1CCOC1=O. The number of ether oxygens (including phenoxy) is 1. The third-order valence-electron chi connectivity index (χ3n) is 1.56. The Bertz CT molecular complexity index is 183. The first-order chi connectivity index (χ1) is 5.20. The van der Waals surface area contributed by atoms with E-state index in [0.29, 0.717) is 13.2 Å². The van der Waals surface area contributed by atoms with E-state index in [-0.39, 0.29) is 6.09 Å². The van der Waals surface area contributed by atoms with Crippen LogP contribution in [0.15, 0.2) is 11.6 Å². The van der Waals surface area contributed by atoms with Crippen molar-refractivity contribution in [1.29, 1.82) is 0 Å². The highest BCUT2D eigenvalue weighted by Crippen LogP contribution is 2.03. The molecule has 1 amide bonds. The van der Waals surface area contributed by atoms with E-state index >= 15 is 0 Å². The summed E-state index contributed by atoms with van der Waals surface area (Å²) in [5.74, 6) is 0. The Balaban J connectivity index is 2.37. The van der Waals surface area contributed by atoms with Gasteiger partial charge in [0.15, 0.2) is 0 Å². The van der Waals surface area contributed by atoms with Crippen molar-refractivity contribution < 1.29 is 9.53 Å². The summed E-state index contributed by atoms with van der Waals surface area (Å²) in [4.78, 5) is 12.5. The van der Waals surface area contributed by atoms with Gasteiger partial charge in [-0.3, -0.25) is 0 Å². The molecule has 1 saturated heterocycles. The second-order valence-electron chi connectivity index (χ2n) is 2.84. The Hall–Kier alpha value is -0.990. The standard InChI is InChI=1S/C8H13NO2/c1-7(2)3-4-9-5-6-11-8(9)10/h3H,4-6H2,1-2H3. The molecule has 1 fully saturated rings. The summed E-state index contributed by atoms with van der Waals surface area (Å²) in [5.41, 5.74) is 1.23. The number of carbonyl (C=O) groups excluding carboxylic acids is 1. The van der Waals surface area contributed by atoms with Crippen molar-refractivity contribution in [2.24, 2.45) is 0 Å². The molecule has 0 atom stereocenters. The van der Waals surface area contributed by atoms with Gasteiger partial charge in [-0.2, -0.15) is 0 Å². The van der Waals surface area contributed by atoms with E-state index in [0.717, 1.165) is 6.54 Å². The van der Waals surface area contributed by atoms with Crippen molar-refractivity contribution in [3.8, 4) is 0 Å². The van der Waals surface area contributed by atoms with Crippen molar-refractivity contribution in [1.82, 2.24) is 4.90 Å². The van der Waals surface area contributed by atoms with Gasteiger partial charge in [-0.15, -0.1) is 0 Å². The summed E-state index contributed by atoms with van der Waals surface area (Å²) >= 11 is 0. The Kier molecular flexibility index (Phi) is 2.52. The van der Waals surface area contributed by atoms with Gasteiger partial charge in [0, 0.05) is 6.54 Å². The number of carbonyl (C=O) groups is 1. The molecular weight excluding hydrogens is 142 g/mol. The fourth-order valence-electron chi connectivity index (χ4n) is 0.884. The third-order valence-corrected chi connectivity index (χ3v) is 1.56. The number of hydrogen-bond acceptors (Lipinski definition) is 2. The lowest BCUT2D eigenvalue weighted by molar-refractivity contribution is 0.161. The average Bonchev–Trinajstić information content (AvgIpc) is 2.31. The summed E-state index contributed by atoms with van der Waals surface area (Å²) in [5, 5.41) is 0. The smallest absolute Gasteiger partial charge is 0.410 e. The monoisotopic (exact) mass is 155 g/mol. The van der Waals surface area contributed by atoms with Crippen LogP contribution in [0.4, 0.5) is 4.79 Å². The van der Waals surface area contributed by atoms with Gasteiger partial charge in [-0.1, -0.05) is 11.6 Å². The minimum atomic E-state index is -0.192. The molecule has 1 heterocycles. The van der Waals surface area contributed by atoms with Crippen molar-refractivity contribution in [2.45, 2.75) is 13.8 Å². The van der Waals surface area contributed by atoms with E-state index in [1.54, 1.807) is 4.90 Å². The minimum absolute atomic E-state index is 0.192. The molecule has 1 aliphatic rings. The lowest BCUT2D eigenvalue weighted by atomic mass is 10.3. The van der Waals surface area contributed by atoms with E-state index in [1.807, 2.05) is 19.9 Å². The quantitative estimate of drug-likeness (QED) is 0.564. The number of hydrogen-bond donors (Lipinski definition) is 0. The molecule has 0 aromatic carbocycles. The van der Waals surface area contributed by atoms with Gasteiger partial charge in [0.1, 0.15) is 6.61 Å². The van der Waals surface area contributed by atoms with Gasteiger partial charge < -0.3 is 9.64 Å². The van der Waals surface area contributed by atoms with Gasteiger partial charge in [0.2, 0.25) is 0 Å². The second kappa shape index (κ2) is 3.42. The largest absolute Gasteiger partial charge is 0.448 e. The second-order valence-corrected chi connectivity index (χ2v) is 2.84. The number of rotatable bonds is 2. The van der Waals surface area contributed by atoms with Crippen molar-refractivity contribution in [3.63, 3.8) is 0 Å². The summed E-state index contributed by atoms with van der Waals surface area (Å²) in [6.45, 7) is 5.97. The summed E-state index contributed by atoms with van der Waals surface area (Å²) in [7, 11) is 0. The molecular formula is C8H13NO2. The lowest BCUT2D eigenvalue weighted by Crippen LogP contribution is -2.24. The van der Waals surface area contributed by atoms with Gasteiger partial charge in [-0.05, 0) is 13.8 Å². The number of nitrogens with zero attached hydrogens (tertiary/aromatic N) is 1. The van der Waals surface area contributed by atoms with Crippen LogP contribution in [0, 0.1) is 0 Å². The van der Waals surface area contributed by atoms with Gasteiger partial charge in [0.25, 0.3) is 0 Å². The maximum Gasteiger partial charge on any atom is 0.410 e. The molecule has 0 saturated carbocycles. The topological polar surface area (TPSA) is 29.5 Å². The van der Waals surface area contributed by atoms with Crippen LogP contribution in [0.1, 0.15) is 13.8 Å². The van der Waals surface area contributed by atoms with Crippen LogP contribution in [-0.4, -0.2) is 30.7 Å². The van der Waals surface area contributed by atoms with E-state index in [4.69, 9.17) is 4.74 Å². The molecule has 1 rings (SSSR count). The highest BCUT2D eigenvalue weighted by atomic mass is 16.6. The molecule has 3 heteroatoms. The van der Waals surface area contributed by atoms with Crippen molar-refractivity contribution >= 4 is 6.09 Å². The molecule has 0 aromatic heterocycles. The fourth-order valence-corrected chi connectivity index (χ4v) is 0.884. The molecule has 3 nitrogen and oxygen atoms in total. The highest BCUT2D eigenvalue weighted by Gasteiger charge is 2.19. The van der Waals surface area contributed by atoms with E-state index in [2.05, 4.69) is 0 Å². The van der Waals surface area contributed by atoms with Gasteiger partial charge in [0.05, 0.1) is 6.54 Å². The average molecular weight is 155 g/mol. The predicted molar refractivity (Wildman–Crippen MR) is 42.4 cm³/mol. The maximum absolute atomic E-state index is 10.9. The molecule has 1 aliphatic heterocycles. The molecule has 0 N–H and O–H groups in total. The number of amides is 1. The summed E-state index contributed by atoms with van der Waals surface area (Å²) in [6, 6.07) is 0. The van der Waals surface area contributed by atoms with E-state index in [1.165, 1.54) is 5.57 Å². The molecule has 0 bridgehead atoms. The van der Waals surface area contributed by atoms with Crippen LogP contribution in [0.5, 0.6) is 0 Å². The van der Waals surface area contributed by atoms with Crippen LogP contribution < -0.4 is 0 Å². The Morgan fingerprint density at radius 3 is 2.91 bits per heavy atom. The first-order valence-electron chi connectivity index (χ1n) is 3.75. The van der Waals surface area contributed by atoms with Crippen LogP contribution in [0.3, 0.4) is 0 Å². The predicted octanol–water partition coefficient (Wildman–Crippen LogP) is 1.40. The zero-order valence-corrected chi connectivity index (χ0v) is 6.96. The number of allylic oxidation sites excluding steroid dienone is 1. The van der Waals surface area contributed by atoms with Gasteiger partial charge >= 0.3 is 6.09 Å². The molecule has 0 radical (unpaired) electrons. The summed E-state index contributed by atoms with van der Waals surface area (Å²) < 4.78 is 4.76. The van der Waals surface area contributed by atoms with Crippen LogP contribution in [0.25, 0.3) is 0 Å². The van der Waals surface area contributed by atoms with Crippen LogP contribution >= 0.6 is 0 Å². The Labute approximate surface area is 66.6 Å². The zero-order valence-electron chi connectivity index (χ0n) is 6.96. The van der Waals surface area contributed by atoms with Crippen molar-refractivity contribution in [3.05, 3.63) is 11.6 Å². The summed E-state index contributed by atoms with van der Waals surface area (Å²) in [6.07, 6.45) is 1.83. The van der Waals surface area contributed by atoms with E-state index < -0.39 is 0 Å². The van der Waals surface area contributed by atoms with E-state index in [9.17, 15) is 4.79 Å². The van der Waals surface area contributed by atoms with Crippen molar-refractivity contribution in [2.75, 3.05) is 19.7 Å². The van der Waals surface area contributed by atoms with Crippen LogP contribution in [-0.2, 0) is 4.74 Å². The zero-order chi connectivity index (χ0) is 8.27. The molecule has 0 aliphatic carbocycles. The molecule has 0 aromatic rings. The maximum atomic E-state index is 10.9. The lowest BCUT2D eigenvalue weighted by Gasteiger charge is -2.08. The molecule has 11 heavy (non-hydrogen) atoms. The normalized spacial score (nSPS) is 16.5. The fraction of sp³-hybridized carbons (Fsp3) is 0.625. The third kappa shape index (κ3) is 2.26. The van der Waals surface area contributed by atoms with Crippen LogP contribution in [0.2, 0.25) is 0 Å². The molecule has 62 valence electrons. The molecule has 0 spiro atoms. The first kappa shape index (κ1) is 8.11. The van der Waals surface area contributed by atoms with Gasteiger partial charge in [-0.25, -0.2) is 4.79 Å². The minimum Gasteiger partial charge on any atom is -0.448 e. The Morgan fingerprint density at radius 1 is 1.73 bits per heavy atom. The first-order valence-corrected chi connectivity index (χ1v) is 3.75.